The zero-order valence-corrected chi connectivity index (χ0v) is 11.5. The Labute approximate surface area is 114 Å². The van der Waals surface area contributed by atoms with Gasteiger partial charge in [-0.25, -0.2) is 0 Å². The summed E-state index contributed by atoms with van der Waals surface area (Å²) in [6, 6.07) is 15.1. The molecule has 0 aliphatic carbocycles. The van der Waals surface area contributed by atoms with Gasteiger partial charge >= 0.3 is 0 Å². The Hall–Kier alpha value is -1.81. The number of nitrogens with two attached hydrogens (primary N) is 1. The van der Waals surface area contributed by atoms with Crippen LogP contribution in [0.4, 0.5) is 5.69 Å². The minimum absolute atomic E-state index is 0.631. The molecule has 0 amide bonds. The average Bonchev–Trinajstić information content (AvgIpc) is 2.37. The number of hydrogen-bond donors (Lipinski definition) is 1. The Morgan fingerprint density at radius 3 is 2.56 bits per heavy atom. The molecule has 0 spiro atoms. The van der Waals surface area contributed by atoms with E-state index >= 15 is 0 Å². The summed E-state index contributed by atoms with van der Waals surface area (Å²) >= 11 is 3.39. The Morgan fingerprint density at radius 2 is 1.89 bits per heavy atom. The predicted molar refractivity (Wildman–Crippen MR) is 77.8 cm³/mol. The zero-order valence-electron chi connectivity index (χ0n) is 9.93. The van der Waals surface area contributed by atoms with Crippen molar-refractivity contribution < 1.29 is 4.84 Å². The first kappa shape index (κ1) is 12.6. The van der Waals surface area contributed by atoms with Crippen molar-refractivity contribution in [3.63, 3.8) is 0 Å². The molecule has 0 saturated heterocycles. The number of benzene rings is 2. The van der Waals surface area contributed by atoms with E-state index in [-0.39, 0.29) is 0 Å². The molecule has 2 rings (SSSR count). The largest absolute Gasteiger partial charge is 0.399 e. The molecule has 2 aromatic rings. The van der Waals surface area contributed by atoms with Crippen LogP contribution in [0.5, 0.6) is 5.75 Å². The van der Waals surface area contributed by atoms with E-state index in [9.17, 15) is 0 Å². The maximum absolute atomic E-state index is 5.66. The molecule has 0 saturated carbocycles. The highest BCUT2D eigenvalue weighted by atomic mass is 79.9. The minimum atomic E-state index is 0.631. The minimum Gasteiger partial charge on any atom is -0.399 e. The quantitative estimate of drug-likeness (QED) is 0.532. The van der Waals surface area contributed by atoms with Gasteiger partial charge in [-0.2, -0.15) is 0 Å². The Bertz CT molecular complexity index is 564. The summed E-state index contributed by atoms with van der Waals surface area (Å²) in [4.78, 5) is 5.33. The van der Waals surface area contributed by atoms with Crippen LogP contribution in [0.15, 0.2) is 58.2 Å². The number of anilines is 1. The molecular weight excluding hydrogens is 292 g/mol. The van der Waals surface area contributed by atoms with Gasteiger partial charge in [-0.1, -0.05) is 39.3 Å². The third-order valence-corrected chi connectivity index (χ3v) is 2.94. The van der Waals surface area contributed by atoms with Gasteiger partial charge in [0.25, 0.3) is 0 Å². The van der Waals surface area contributed by atoms with Gasteiger partial charge in [0.2, 0.25) is 0 Å². The molecule has 2 aromatic carbocycles. The molecule has 0 aliphatic rings. The van der Waals surface area contributed by atoms with Gasteiger partial charge in [0.15, 0.2) is 5.75 Å². The second-order valence-corrected chi connectivity index (χ2v) is 4.76. The van der Waals surface area contributed by atoms with Gasteiger partial charge in [-0.05, 0) is 36.8 Å². The number of hydrogen-bond acceptors (Lipinski definition) is 3. The van der Waals surface area contributed by atoms with Crippen LogP contribution in [0.3, 0.4) is 0 Å². The number of nitrogen functional groups attached to an aromatic ring is 1. The van der Waals surface area contributed by atoms with Gasteiger partial charge in [0, 0.05) is 16.2 Å². The third kappa shape index (κ3) is 3.34. The fraction of sp³-hybridized carbons (Fsp3) is 0.0714. The summed E-state index contributed by atoms with van der Waals surface area (Å²) in [5.74, 6) is 0.631. The second-order valence-electron chi connectivity index (χ2n) is 3.85. The highest BCUT2D eigenvalue weighted by molar-refractivity contribution is 9.10. The fourth-order valence-corrected chi connectivity index (χ4v) is 1.70. The molecule has 0 unspecified atom stereocenters. The molecule has 0 fully saturated rings. The van der Waals surface area contributed by atoms with Crippen molar-refractivity contribution in [1.29, 1.82) is 0 Å². The van der Waals surface area contributed by atoms with Crippen LogP contribution < -0.4 is 10.6 Å². The number of halogens is 1. The average molecular weight is 305 g/mol. The van der Waals surface area contributed by atoms with Crippen LogP contribution >= 0.6 is 15.9 Å². The van der Waals surface area contributed by atoms with Crippen LogP contribution in [-0.4, -0.2) is 5.71 Å². The second kappa shape index (κ2) is 5.69. The van der Waals surface area contributed by atoms with Crippen molar-refractivity contribution in [2.75, 3.05) is 5.73 Å². The lowest BCUT2D eigenvalue weighted by Gasteiger charge is -2.03. The van der Waals surface area contributed by atoms with Gasteiger partial charge in [-0.3, -0.25) is 0 Å². The standard InChI is InChI=1S/C14H13BrN2O/c1-10(11-5-7-12(15)8-6-11)17-18-14-4-2-3-13(16)9-14/h2-9H,16H2,1H3/b17-10+. The first-order valence-electron chi connectivity index (χ1n) is 5.48. The SMILES string of the molecule is C/C(=N\Oc1cccc(N)c1)c1ccc(Br)cc1. The van der Waals surface area contributed by atoms with Crippen LogP contribution in [0, 0.1) is 0 Å². The van der Waals surface area contributed by atoms with E-state index in [0.717, 1.165) is 15.7 Å². The van der Waals surface area contributed by atoms with E-state index in [2.05, 4.69) is 21.1 Å². The van der Waals surface area contributed by atoms with Gasteiger partial charge in [-0.15, -0.1) is 0 Å². The highest BCUT2D eigenvalue weighted by Gasteiger charge is 1.99. The Kier molecular flexibility index (Phi) is 3.99. The first-order chi connectivity index (χ1) is 8.65. The lowest BCUT2D eigenvalue weighted by atomic mass is 10.1. The van der Waals surface area contributed by atoms with E-state index in [1.165, 1.54) is 0 Å². The van der Waals surface area contributed by atoms with Crippen molar-refractivity contribution in [3.8, 4) is 5.75 Å². The summed E-state index contributed by atoms with van der Waals surface area (Å²) in [6.07, 6.45) is 0. The summed E-state index contributed by atoms with van der Waals surface area (Å²) in [5.41, 5.74) is 8.14. The summed E-state index contributed by atoms with van der Waals surface area (Å²) < 4.78 is 1.04. The molecule has 0 bridgehead atoms. The molecule has 0 aliphatic heterocycles. The number of oxime groups is 1. The topological polar surface area (TPSA) is 47.6 Å². The van der Waals surface area contributed by atoms with Gasteiger partial charge < -0.3 is 10.6 Å². The zero-order chi connectivity index (χ0) is 13.0. The Morgan fingerprint density at radius 1 is 1.17 bits per heavy atom. The molecule has 18 heavy (non-hydrogen) atoms. The lowest BCUT2D eigenvalue weighted by molar-refractivity contribution is 0.341. The van der Waals surface area contributed by atoms with Crippen molar-refractivity contribution in [1.82, 2.24) is 0 Å². The highest BCUT2D eigenvalue weighted by Crippen LogP contribution is 2.16. The van der Waals surface area contributed by atoms with Crippen LogP contribution in [0.2, 0.25) is 0 Å². The maximum atomic E-state index is 5.66. The molecular formula is C14H13BrN2O. The molecule has 4 heteroatoms. The lowest BCUT2D eigenvalue weighted by Crippen LogP contribution is -1.97. The maximum Gasteiger partial charge on any atom is 0.160 e. The van der Waals surface area contributed by atoms with E-state index in [1.54, 1.807) is 12.1 Å². The van der Waals surface area contributed by atoms with E-state index in [4.69, 9.17) is 10.6 Å². The van der Waals surface area contributed by atoms with E-state index in [0.29, 0.717) is 11.4 Å². The summed E-state index contributed by atoms with van der Waals surface area (Å²) in [7, 11) is 0. The molecule has 2 N–H and O–H groups in total. The van der Waals surface area contributed by atoms with E-state index < -0.39 is 0 Å². The molecule has 0 aromatic heterocycles. The number of rotatable bonds is 3. The Balaban J connectivity index is 2.11. The third-order valence-electron chi connectivity index (χ3n) is 2.41. The smallest absolute Gasteiger partial charge is 0.160 e. The van der Waals surface area contributed by atoms with Gasteiger partial charge in [0.05, 0.1) is 5.71 Å². The molecule has 92 valence electrons. The fourth-order valence-electron chi connectivity index (χ4n) is 1.44. The first-order valence-corrected chi connectivity index (χ1v) is 6.27. The van der Waals surface area contributed by atoms with Crippen LogP contribution in [0.1, 0.15) is 12.5 Å². The van der Waals surface area contributed by atoms with Crippen molar-refractivity contribution >= 4 is 27.3 Å². The summed E-state index contributed by atoms with van der Waals surface area (Å²) in [5, 5.41) is 4.08. The molecule has 0 atom stereocenters. The van der Waals surface area contributed by atoms with Crippen LogP contribution in [-0.2, 0) is 0 Å². The summed E-state index contributed by atoms with van der Waals surface area (Å²) in [6.45, 7) is 1.90. The van der Waals surface area contributed by atoms with E-state index in [1.807, 2.05) is 43.3 Å². The molecule has 3 nitrogen and oxygen atoms in total. The predicted octanol–water partition coefficient (Wildman–Crippen LogP) is 3.83. The molecule has 0 heterocycles. The van der Waals surface area contributed by atoms with Crippen molar-refractivity contribution in [3.05, 3.63) is 58.6 Å². The monoisotopic (exact) mass is 304 g/mol. The van der Waals surface area contributed by atoms with Crippen molar-refractivity contribution in [2.45, 2.75) is 6.92 Å². The number of nitrogens with zero attached hydrogens (tertiary/aromatic N) is 1. The normalized spacial score (nSPS) is 11.3. The van der Waals surface area contributed by atoms with Crippen LogP contribution in [0.25, 0.3) is 0 Å². The van der Waals surface area contributed by atoms with Crippen molar-refractivity contribution in [2.24, 2.45) is 5.16 Å². The molecule has 0 radical (unpaired) electrons. The van der Waals surface area contributed by atoms with Gasteiger partial charge in [0.1, 0.15) is 0 Å².